The Balaban J connectivity index is 1.07. The van der Waals surface area contributed by atoms with Crippen molar-refractivity contribution in [3.8, 4) is 11.1 Å². The molecule has 39 heavy (non-hydrogen) atoms. The minimum absolute atomic E-state index is 0.000892. The fraction of sp³-hybridized carbons (Fsp3) is 0.457. The van der Waals surface area contributed by atoms with Crippen molar-refractivity contribution in [3.63, 3.8) is 0 Å². The van der Waals surface area contributed by atoms with E-state index in [2.05, 4.69) is 92.8 Å². The van der Waals surface area contributed by atoms with E-state index in [0.29, 0.717) is 6.61 Å². The summed E-state index contributed by atoms with van der Waals surface area (Å²) in [5, 5.41) is 3.59. The van der Waals surface area contributed by atoms with E-state index in [0.717, 1.165) is 75.6 Å². The SMILES string of the molecule is CCCCC1(OC(=O)OCCCCc2ccc(Nc3ccc4c(c3)C(C)(C)c3ccccc3-4)cc2)CCCC1. The largest absolute Gasteiger partial charge is 0.508 e. The lowest BCUT2D eigenvalue weighted by Gasteiger charge is -2.28. The van der Waals surface area contributed by atoms with Crippen molar-refractivity contribution in [3.05, 3.63) is 83.4 Å². The zero-order valence-corrected chi connectivity index (χ0v) is 23.9. The molecule has 0 aromatic heterocycles. The molecule has 0 saturated heterocycles. The molecule has 0 radical (unpaired) electrons. The van der Waals surface area contributed by atoms with Gasteiger partial charge in [-0.05, 0) is 110 Å². The Morgan fingerprint density at radius 3 is 2.33 bits per heavy atom. The van der Waals surface area contributed by atoms with E-state index in [1.807, 2.05) is 0 Å². The molecule has 0 bridgehead atoms. The first-order chi connectivity index (χ1) is 18.9. The molecule has 3 aromatic carbocycles. The van der Waals surface area contributed by atoms with E-state index >= 15 is 0 Å². The first-order valence-corrected chi connectivity index (χ1v) is 14.9. The summed E-state index contributed by atoms with van der Waals surface area (Å²) in [4.78, 5) is 12.3. The van der Waals surface area contributed by atoms with Gasteiger partial charge >= 0.3 is 6.16 Å². The minimum Gasteiger partial charge on any atom is -0.434 e. The molecule has 3 aromatic rings. The average molecular weight is 526 g/mol. The maximum Gasteiger partial charge on any atom is 0.508 e. The van der Waals surface area contributed by atoms with E-state index in [1.54, 1.807) is 0 Å². The van der Waals surface area contributed by atoms with E-state index in [4.69, 9.17) is 9.47 Å². The van der Waals surface area contributed by atoms with Gasteiger partial charge in [0.05, 0.1) is 6.61 Å². The van der Waals surface area contributed by atoms with Crippen molar-refractivity contribution in [2.24, 2.45) is 0 Å². The molecule has 2 aliphatic rings. The van der Waals surface area contributed by atoms with Crippen LogP contribution in [0.15, 0.2) is 66.7 Å². The van der Waals surface area contributed by atoms with Gasteiger partial charge in [0.15, 0.2) is 0 Å². The Morgan fingerprint density at radius 2 is 1.56 bits per heavy atom. The third kappa shape index (κ3) is 6.16. The van der Waals surface area contributed by atoms with Crippen molar-refractivity contribution < 1.29 is 14.3 Å². The van der Waals surface area contributed by atoms with E-state index in [1.165, 1.54) is 27.8 Å². The van der Waals surface area contributed by atoms with Gasteiger partial charge in [0.25, 0.3) is 0 Å². The smallest absolute Gasteiger partial charge is 0.434 e. The summed E-state index contributed by atoms with van der Waals surface area (Å²) in [6.45, 7) is 7.22. The normalized spacial score (nSPS) is 16.4. The second kappa shape index (κ2) is 11.9. The predicted molar refractivity (Wildman–Crippen MR) is 160 cm³/mol. The number of fused-ring (bicyclic) bond motifs is 3. The van der Waals surface area contributed by atoms with Crippen LogP contribution >= 0.6 is 0 Å². The van der Waals surface area contributed by atoms with Crippen LogP contribution in [0, 0.1) is 0 Å². The van der Waals surface area contributed by atoms with Gasteiger partial charge in [0, 0.05) is 16.8 Å². The Kier molecular flexibility index (Phi) is 8.30. The number of carbonyl (C=O) groups excluding carboxylic acids is 1. The molecule has 0 aliphatic heterocycles. The van der Waals surface area contributed by atoms with Crippen LogP contribution in [0.25, 0.3) is 11.1 Å². The number of anilines is 2. The van der Waals surface area contributed by atoms with Gasteiger partial charge in [-0.1, -0.05) is 69.7 Å². The van der Waals surface area contributed by atoms with Crippen molar-refractivity contribution in [2.75, 3.05) is 11.9 Å². The minimum atomic E-state index is -0.484. The second-order valence-electron chi connectivity index (χ2n) is 11.9. The quantitative estimate of drug-likeness (QED) is 0.200. The number of rotatable bonds is 11. The number of benzene rings is 3. The van der Waals surface area contributed by atoms with Crippen molar-refractivity contribution in [2.45, 2.75) is 96.0 Å². The van der Waals surface area contributed by atoms with E-state index < -0.39 is 6.16 Å². The predicted octanol–water partition coefficient (Wildman–Crippen LogP) is 9.72. The van der Waals surface area contributed by atoms with Crippen LogP contribution in [0.2, 0.25) is 0 Å². The van der Waals surface area contributed by atoms with Crippen LogP contribution in [-0.4, -0.2) is 18.4 Å². The van der Waals surface area contributed by atoms with Crippen LogP contribution in [-0.2, 0) is 21.3 Å². The molecule has 0 heterocycles. The third-order valence-corrected chi connectivity index (χ3v) is 8.71. The first kappa shape index (κ1) is 27.3. The molecule has 0 atom stereocenters. The molecule has 206 valence electrons. The molecule has 1 N–H and O–H groups in total. The highest BCUT2D eigenvalue weighted by Gasteiger charge is 2.38. The van der Waals surface area contributed by atoms with Crippen LogP contribution in [0.3, 0.4) is 0 Å². The lowest BCUT2D eigenvalue weighted by molar-refractivity contribution is -0.0380. The number of aryl methyl sites for hydroxylation is 1. The number of unbranched alkanes of at least 4 members (excludes halogenated alkanes) is 2. The van der Waals surface area contributed by atoms with Gasteiger partial charge in [-0.25, -0.2) is 4.79 Å². The van der Waals surface area contributed by atoms with Crippen molar-refractivity contribution in [1.29, 1.82) is 0 Å². The number of hydrogen-bond acceptors (Lipinski definition) is 4. The van der Waals surface area contributed by atoms with Crippen LogP contribution in [0.1, 0.15) is 95.2 Å². The number of ether oxygens (including phenoxy) is 2. The molecule has 4 heteroatoms. The molecular formula is C35H43NO3. The van der Waals surface area contributed by atoms with E-state index in [-0.39, 0.29) is 11.0 Å². The van der Waals surface area contributed by atoms with E-state index in [9.17, 15) is 4.79 Å². The van der Waals surface area contributed by atoms with Crippen molar-refractivity contribution in [1.82, 2.24) is 0 Å². The highest BCUT2D eigenvalue weighted by molar-refractivity contribution is 5.82. The summed E-state index contributed by atoms with van der Waals surface area (Å²) in [5.74, 6) is 0. The van der Waals surface area contributed by atoms with Crippen LogP contribution in [0.4, 0.5) is 16.2 Å². The highest BCUT2D eigenvalue weighted by atomic mass is 16.7. The standard InChI is InChI=1S/C35H43NO3/c1-4-5-21-35(22-9-10-23-35)39-33(37)38-24-11-8-12-26-15-17-27(18-16-26)36-28-19-20-30-29-13-6-7-14-31(29)34(2,3)32(30)25-28/h6-7,13-20,25,36H,4-5,8-12,21-24H2,1-3H3. The Bertz CT molecular complexity index is 1270. The summed E-state index contributed by atoms with van der Waals surface area (Å²) < 4.78 is 11.2. The zero-order chi connectivity index (χ0) is 27.3. The summed E-state index contributed by atoms with van der Waals surface area (Å²) in [5.41, 5.74) is 8.67. The highest BCUT2D eigenvalue weighted by Crippen LogP contribution is 2.49. The van der Waals surface area contributed by atoms with Crippen LogP contribution in [0.5, 0.6) is 0 Å². The van der Waals surface area contributed by atoms with Crippen molar-refractivity contribution >= 4 is 17.5 Å². The summed E-state index contributed by atoms with van der Waals surface area (Å²) >= 11 is 0. The van der Waals surface area contributed by atoms with Gasteiger partial charge in [0.2, 0.25) is 0 Å². The molecule has 4 nitrogen and oxygen atoms in total. The fourth-order valence-electron chi connectivity index (χ4n) is 6.42. The fourth-order valence-corrected chi connectivity index (χ4v) is 6.42. The lowest BCUT2D eigenvalue weighted by Crippen LogP contribution is -2.32. The average Bonchev–Trinajstić information content (AvgIpc) is 3.49. The molecule has 5 rings (SSSR count). The number of nitrogens with one attached hydrogen (secondary N) is 1. The van der Waals surface area contributed by atoms with Gasteiger partial charge in [0.1, 0.15) is 5.60 Å². The summed E-state index contributed by atoms with van der Waals surface area (Å²) in [6, 6.07) is 24.1. The first-order valence-electron chi connectivity index (χ1n) is 14.9. The third-order valence-electron chi connectivity index (χ3n) is 8.71. The number of hydrogen-bond donors (Lipinski definition) is 1. The monoisotopic (exact) mass is 525 g/mol. The summed E-state index contributed by atoms with van der Waals surface area (Å²) in [7, 11) is 0. The molecule has 0 spiro atoms. The van der Waals surface area contributed by atoms with Gasteiger partial charge < -0.3 is 14.8 Å². The Morgan fingerprint density at radius 1 is 0.846 bits per heavy atom. The second-order valence-corrected chi connectivity index (χ2v) is 11.9. The summed E-state index contributed by atoms with van der Waals surface area (Å²) in [6.07, 6.45) is 9.72. The Hall–Kier alpha value is -3.27. The molecule has 1 saturated carbocycles. The lowest BCUT2D eigenvalue weighted by atomic mass is 9.82. The molecule has 1 fully saturated rings. The number of carbonyl (C=O) groups is 1. The molecule has 2 aliphatic carbocycles. The molecule has 0 amide bonds. The van der Waals surface area contributed by atoms with Gasteiger partial charge in [-0.2, -0.15) is 0 Å². The van der Waals surface area contributed by atoms with Gasteiger partial charge in [-0.3, -0.25) is 0 Å². The van der Waals surface area contributed by atoms with Gasteiger partial charge in [-0.15, -0.1) is 0 Å². The Labute approximate surface area is 234 Å². The maximum absolute atomic E-state index is 12.3. The zero-order valence-electron chi connectivity index (χ0n) is 23.9. The molecule has 0 unspecified atom stereocenters. The topological polar surface area (TPSA) is 47.6 Å². The maximum atomic E-state index is 12.3. The van der Waals surface area contributed by atoms with Crippen LogP contribution < -0.4 is 5.32 Å². The molecular weight excluding hydrogens is 482 g/mol.